The fourth-order valence-electron chi connectivity index (χ4n) is 2.95. The van der Waals surface area contributed by atoms with Gasteiger partial charge in [-0.1, -0.05) is 0 Å². The van der Waals surface area contributed by atoms with E-state index in [1.807, 2.05) is 6.07 Å². The number of aryl methyl sites for hydroxylation is 1. The summed E-state index contributed by atoms with van der Waals surface area (Å²) >= 11 is 0. The molecule has 0 aliphatic carbocycles. The van der Waals surface area contributed by atoms with E-state index in [1.165, 1.54) is 6.07 Å². The van der Waals surface area contributed by atoms with Crippen LogP contribution >= 0.6 is 0 Å². The largest absolute Gasteiger partial charge is 0.478 e. The van der Waals surface area contributed by atoms with Gasteiger partial charge in [-0.15, -0.1) is 0 Å². The van der Waals surface area contributed by atoms with E-state index in [2.05, 4.69) is 0 Å². The van der Waals surface area contributed by atoms with Crippen LogP contribution in [0.2, 0.25) is 0 Å². The molecule has 0 atom stereocenters. The van der Waals surface area contributed by atoms with E-state index in [9.17, 15) is 9.59 Å². The molecule has 0 spiro atoms. The quantitative estimate of drug-likeness (QED) is 0.942. The van der Waals surface area contributed by atoms with Gasteiger partial charge in [0.2, 0.25) is 0 Å². The van der Waals surface area contributed by atoms with E-state index in [0.717, 1.165) is 32.5 Å². The first kappa shape index (κ1) is 14.8. The molecule has 1 fully saturated rings. The summed E-state index contributed by atoms with van der Waals surface area (Å²) < 4.78 is 7.07. The third-order valence-electron chi connectivity index (χ3n) is 4.34. The smallest absolute Gasteiger partial charge is 0.335 e. The molecule has 5 nitrogen and oxygen atoms in total. The van der Waals surface area contributed by atoms with Crippen LogP contribution in [-0.4, -0.2) is 28.9 Å². The first-order valence-electron chi connectivity index (χ1n) is 7.59. The van der Waals surface area contributed by atoms with Crippen molar-refractivity contribution in [3.63, 3.8) is 0 Å². The van der Waals surface area contributed by atoms with Gasteiger partial charge in [0.1, 0.15) is 0 Å². The minimum atomic E-state index is -0.981. The van der Waals surface area contributed by atoms with Crippen molar-refractivity contribution in [3.05, 3.63) is 46.4 Å². The van der Waals surface area contributed by atoms with E-state index in [4.69, 9.17) is 9.84 Å². The number of hydrogen-bond acceptors (Lipinski definition) is 3. The first-order valence-corrected chi connectivity index (χ1v) is 7.59. The predicted octanol–water partition coefficient (Wildman–Crippen LogP) is 2.52. The number of fused-ring (bicyclic) bond motifs is 1. The summed E-state index contributed by atoms with van der Waals surface area (Å²) in [6.07, 6.45) is 4.85. The molecule has 22 heavy (non-hydrogen) atoms. The van der Waals surface area contributed by atoms with E-state index in [0.29, 0.717) is 23.2 Å². The van der Waals surface area contributed by atoms with E-state index < -0.39 is 5.97 Å². The van der Waals surface area contributed by atoms with Crippen LogP contribution in [0.3, 0.4) is 0 Å². The summed E-state index contributed by atoms with van der Waals surface area (Å²) in [4.78, 5) is 23.5. The molecule has 0 radical (unpaired) electrons. The number of nitrogens with zero attached hydrogens (tertiary/aromatic N) is 1. The molecule has 1 aromatic heterocycles. The van der Waals surface area contributed by atoms with Crippen molar-refractivity contribution in [2.75, 3.05) is 13.2 Å². The standard InChI is InChI=1S/C17H19NO4/c19-16-15-2-1-14(17(20)21)11-13(15)4-8-18(16)7-3-12-5-9-22-10-6-12/h1-2,4,8,11-12H,3,5-7,9-10H2,(H,20,21). The molecule has 0 amide bonds. The summed E-state index contributed by atoms with van der Waals surface area (Å²) in [6.45, 7) is 2.32. The SMILES string of the molecule is O=C(O)c1ccc2c(=O)n(CCC3CCOCC3)ccc2c1. The Morgan fingerprint density at radius 3 is 2.77 bits per heavy atom. The molecule has 1 aliphatic heterocycles. The van der Waals surface area contributed by atoms with E-state index in [-0.39, 0.29) is 11.1 Å². The van der Waals surface area contributed by atoms with Crippen LogP contribution in [0.25, 0.3) is 10.8 Å². The maximum Gasteiger partial charge on any atom is 0.335 e. The number of hydrogen-bond donors (Lipinski definition) is 1. The van der Waals surface area contributed by atoms with Gasteiger partial charge in [-0.2, -0.15) is 0 Å². The molecule has 0 unspecified atom stereocenters. The lowest BCUT2D eigenvalue weighted by molar-refractivity contribution is 0.0625. The Bertz CT molecular complexity index is 744. The predicted molar refractivity (Wildman–Crippen MR) is 83.3 cm³/mol. The lowest BCUT2D eigenvalue weighted by atomic mass is 9.96. The highest BCUT2D eigenvalue weighted by Crippen LogP contribution is 2.19. The van der Waals surface area contributed by atoms with Gasteiger partial charge in [0.05, 0.1) is 5.56 Å². The van der Waals surface area contributed by atoms with Crippen LogP contribution in [0, 0.1) is 5.92 Å². The summed E-state index contributed by atoms with van der Waals surface area (Å²) in [5.74, 6) is -0.365. The van der Waals surface area contributed by atoms with Crippen molar-refractivity contribution in [1.29, 1.82) is 0 Å². The van der Waals surface area contributed by atoms with Crippen molar-refractivity contribution in [2.24, 2.45) is 5.92 Å². The average molecular weight is 301 g/mol. The van der Waals surface area contributed by atoms with Gasteiger partial charge in [-0.3, -0.25) is 4.79 Å². The number of pyridine rings is 1. The Balaban J connectivity index is 1.82. The third-order valence-corrected chi connectivity index (χ3v) is 4.34. The van der Waals surface area contributed by atoms with Crippen molar-refractivity contribution < 1.29 is 14.6 Å². The van der Waals surface area contributed by atoms with Gasteiger partial charge in [0.25, 0.3) is 5.56 Å². The Morgan fingerprint density at radius 1 is 1.27 bits per heavy atom. The van der Waals surface area contributed by atoms with E-state index in [1.54, 1.807) is 22.9 Å². The molecular formula is C17H19NO4. The van der Waals surface area contributed by atoms with Crippen molar-refractivity contribution >= 4 is 16.7 Å². The Labute approximate surface area is 128 Å². The number of carbonyl (C=O) groups is 1. The number of carboxylic acids is 1. The highest BCUT2D eigenvalue weighted by atomic mass is 16.5. The van der Waals surface area contributed by atoms with Crippen LogP contribution in [-0.2, 0) is 11.3 Å². The summed E-state index contributed by atoms with van der Waals surface area (Å²) in [6, 6.07) is 6.44. The zero-order valence-electron chi connectivity index (χ0n) is 12.3. The second-order valence-electron chi connectivity index (χ2n) is 5.77. The van der Waals surface area contributed by atoms with Gasteiger partial charge in [0.15, 0.2) is 0 Å². The Morgan fingerprint density at radius 2 is 2.05 bits per heavy atom. The molecule has 3 rings (SSSR count). The van der Waals surface area contributed by atoms with Crippen LogP contribution in [0.5, 0.6) is 0 Å². The molecule has 1 saturated heterocycles. The Kier molecular flexibility index (Phi) is 4.24. The van der Waals surface area contributed by atoms with Crippen LogP contribution in [0.1, 0.15) is 29.6 Å². The molecule has 0 bridgehead atoms. The second kappa shape index (κ2) is 6.32. The second-order valence-corrected chi connectivity index (χ2v) is 5.77. The Hall–Kier alpha value is -2.14. The monoisotopic (exact) mass is 301 g/mol. The molecule has 116 valence electrons. The lowest BCUT2D eigenvalue weighted by Crippen LogP contribution is -2.23. The van der Waals surface area contributed by atoms with Crippen LogP contribution in [0.15, 0.2) is 35.3 Å². The third kappa shape index (κ3) is 3.04. The van der Waals surface area contributed by atoms with Crippen molar-refractivity contribution in [1.82, 2.24) is 4.57 Å². The molecule has 1 aromatic carbocycles. The molecule has 0 saturated carbocycles. The minimum Gasteiger partial charge on any atom is -0.478 e. The number of benzene rings is 1. The highest BCUT2D eigenvalue weighted by molar-refractivity contribution is 5.93. The van der Waals surface area contributed by atoms with Gasteiger partial charge >= 0.3 is 5.97 Å². The van der Waals surface area contributed by atoms with Gasteiger partial charge < -0.3 is 14.4 Å². The maximum absolute atomic E-state index is 12.5. The molecule has 5 heteroatoms. The maximum atomic E-state index is 12.5. The fraction of sp³-hybridized carbons (Fsp3) is 0.412. The highest BCUT2D eigenvalue weighted by Gasteiger charge is 2.14. The van der Waals surface area contributed by atoms with Crippen molar-refractivity contribution in [2.45, 2.75) is 25.8 Å². The van der Waals surface area contributed by atoms with Gasteiger partial charge in [-0.05, 0) is 54.8 Å². The summed E-state index contributed by atoms with van der Waals surface area (Å²) in [7, 11) is 0. The molecular weight excluding hydrogens is 282 g/mol. The number of rotatable bonds is 4. The number of ether oxygens (including phenoxy) is 1. The summed E-state index contributed by atoms with van der Waals surface area (Å²) in [5, 5.41) is 10.2. The lowest BCUT2D eigenvalue weighted by Gasteiger charge is -2.22. The molecule has 2 aromatic rings. The van der Waals surface area contributed by atoms with Gasteiger partial charge in [-0.25, -0.2) is 4.79 Å². The zero-order valence-corrected chi connectivity index (χ0v) is 12.3. The van der Waals surface area contributed by atoms with Gasteiger partial charge in [0, 0.05) is 31.3 Å². The first-order chi connectivity index (χ1) is 10.6. The topological polar surface area (TPSA) is 68.5 Å². The average Bonchev–Trinajstić information content (AvgIpc) is 2.55. The molecule has 1 N–H and O–H groups in total. The van der Waals surface area contributed by atoms with Crippen LogP contribution in [0.4, 0.5) is 0 Å². The normalized spacial score (nSPS) is 16.0. The zero-order chi connectivity index (χ0) is 15.5. The number of aromatic nitrogens is 1. The fourth-order valence-corrected chi connectivity index (χ4v) is 2.95. The van der Waals surface area contributed by atoms with Crippen molar-refractivity contribution in [3.8, 4) is 0 Å². The molecule has 1 aliphatic rings. The minimum absolute atomic E-state index is 0.0542. The molecule has 2 heterocycles. The van der Waals surface area contributed by atoms with E-state index >= 15 is 0 Å². The summed E-state index contributed by atoms with van der Waals surface area (Å²) in [5.41, 5.74) is 0.147. The number of aromatic carboxylic acids is 1. The number of carboxylic acid groups (broad SMARTS) is 1. The van der Waals surface area contributed by atoms with Crippen LogP contribution < -0.4 is 5.56 Å².